The largest absolute Gasteiger partial charge is 0.491 e. The number of alkyl halides is 4. The van der Waals surface area contributed by atoms with Crippen LogP contribution >= 0.6 is 0 Å². The van der Waals surface area contributed by atoms with Crippen LogP contribution in [0.5, 0.6) is 5.75 Å². The number of hydrogen-bond acceptors (Lipinski definition) is 2. The van der Waals surface area contributed by atoms with Crippen molar-refractivity contribution in [2.24, 2.45) is 0 Å². The van der Waals surface area contributed by atoms with Crippen LogP contribution in [0, 0.1) is 6.92 Å². The maximum Gasteiger partial charge on any atom is 0.383 e. The highest BCUT2D eigenvalue weighted by molar-refractivity contribution is 5.84. The second-order valence-electron chi connectivity index (χ2n) is 4.42. The summed E-state index contributed by atoms with van der Waals surface area (Å²) in [5, 5.41) is 1.79. The molecule has 1 atom stereocenters. The van der Waals surface area contributed by atoms with E-state index in [9.17, 15) is 22.4 Å². The van der Waals surface area contributed by atoms with Crippen molar-refractivity contribution < 1.29 is 27.1 Å². The molecule has 7 heteroatoms. The van der Waals surface area contributed by atoms with Gasteiger partial charge in [0.25, 0.3) is 5.91 Å². The summed E-state index contributed by atoms with van der Waals surface area (Å²) in [6.45, 7) is 3.17. The molecule has 0 aromatic heterocycles. The number of hydrogen-bond donors (Lipinski definition) is 1. The van der Waals surface area contributed by atoms with Gasteiger partial charge in [-0.3, -0.25) is 4.79 Å². The maximum absolute atomic E-state index is 12.7. The Morgan fingerprint density at radius 3 is 2.35 bits per heavy atom. The molecule has 1 N–H and O–H groups in total. The summed E-state index contributed by atoms with van der Waals surface area (Å²) in [6.07, 6.45) is -4.03. The fraction of sp³-hybridized carbons (Fsp3) is 0.462. The number of aryl methyl sites for hydroxylation is 1. The van der Waals surface area contributed by atoms with E-state index in [1.807, 2.05) is 6.92 Å². The molecule has 1 aromatic rings. The minimum atomic E-state index is -4.70. The number of carbonyl (C=O) groups is 1. The van der Waals surface area contributed by atoms with E-state index >= 15 is 0 Å². The van der Waals surface area contributed by atoms with E-state index in [0.717, 1.165) is 5.56 Å². The highest BCUT2D eigenvalue weighted by Gasteiger charge is 2.49. The summed E-state index contributed by atoms with van der Waals surface area (Å²) in [5.41, 5.74) is 1.02. The van der Waals surface area contributed by atoms with Gasteiger partial charge in [0.2, 0.25) is 0 Å². The molecule has 0 heterocycles. The number of amides is 1. The van der Waals surface area contributed by atoms with Crippen LogP contribution in [0.2, 0.25) is 0 Å². The Bertz CT molecular complexity index is 448. The Labute approximate surface area is 113 Å². The summed E-state index contributed by atoms with van der Waals surface area (Å²) >= 11 is 0. The summed E-state index contributed by atoms with van der Waals surface area (Å²) in [4.78, 5) is 11.0. The predicted octanol–water partition coefficient (Wildman–Crippen LogP) is 2.78. The third-order valence-corrected chi connectivity index (χ3v) is 2.48. The molecule has 112 valence electrons. The van der Waals surface area contributed by atoms with Gasteiger partial charge in [0.05, 0.1) is 6.04 Å². The molecule has 0 aliphatic rings. The molecule has 1 aromatic carbocycles. The molecular formula is C13H15F4NO2. The summed E-state index contributed by atoms with van der Waals surface area (Å²) < 4.78 is 54.6. The summed E-state index contributed by atoms with van der Waals surface area (Å²) in [5.74, 6) is -6.21. The zero-order valence-electron chi connectivity index (χ0n) is 11.0. The first kappa shape index (κ1) is 16.3. The Balaban J connectivity index is 2.46. The first-order valence-electron chi connectivity index (χ1n) is 5.90. The minimum absolute atomic E-state index is 0.103. The van der Waals surface area contributed by atoms with E-state index < -0.39 is 24.3 Å². The van der Waals surface area contributed by atoms with E-state index in [1.54, 1.807) is 29.6 Å². The predicted molar refractivity (Wildman–Crippen MR) is 65.2 cm³/mol. The van der Waals surface area contributed by atoms with Gasteiger partial charge in [-0.2, -0.15) is 8.78 Å². The van der Waals surface area contributed by atoms with Crippen molar-refractivity contribution in [1.29, 1.82) is 0 Å². The van der Waals surface area contributed by atoms with Gasteiger partial charge in [-0.1, -0.05) is 17.7 Å². The first-order chi connectivity index (χ1) is 9.23. The lowest BCUT2D eigenvalue weighted by Gasteiger charge is -2.19. The SMILES string of the molecule is Cc1ccc(OCC(C)NC(=O)C(F)(F)C(F)F)cc1. The van der Waals surface area contributed by atoms with Gasteiger partial charge in [0.15, 0.2) is 0 Å². The van der Waals surface area contributed by atoms with E-state index in [0.29, 0.717) is 5.75 Å². The smallest absolute Gasteiger partial charge is 0.383 e. The molecule has 20 heavy (non-hydrogen) atoms. The Hall–Kier alpha value is -1.79. The van der Waals surface area contributed by atoms with Gasteiger partial charge in [0.1, 0.15) is 12.4 Å². The third-order valence-electron chi connectivity index (χ3n) is 2.48. The van der Waals surface area contributed by atoms with Crippen LogP contribution in [0.15, 0.2) is 24.3 Å². The summed E-state index contributed by atoms with van der Waals surface area (Å²) in [7, 11) is 0. The molecule has 0 aliphatic carbocycles. The normalized spacial score (nSPS) is 13.2. The van der Waals surface area contributed by atoms with Crippen molar-refractivity contribution in [1.82, 2.24) is 5.32 Å². The van der Waals surface area contributed by atoms with Crippen LogP contribution in [-0.4, -0.2) is 30.9 Å². The fourth-order valence-electron chi connectivity index (χ4n) is 1.32. The Morgan fingerprint density at radius 2 is 1.85 bits per heavy atom. The van der Waals surface area contributed by atoms with Gasteiger partial charge < -0.3 is 10.1 Å². The van der Waals surface area contributed by atoms with E-state index in [4.69, 9.17) is 4.74 Å². The second-order valence-corrected chi connectivity index (χ2v) is 4.42. The van der Waals surface area contributed by atoms with Crippen LogP contribution in [0.3, 0.4) is 0 Å². The van der Waals surface area contributed by atoms with Crippen molar-refractivity contribution in [2.45, 2.75) is 32.2 Å². The van der Waals surface area contributed by atoms with Crippen LogP contribution in [0.4, 0.5) is 17.6 Å². The Kier molecular flexibility index (Phi) is 5.35. The molecule has 1 unspecified atom stereocenters. The van der Waals surface area contributed by atoms with Crippen molar-refractivity contribution in [3.63, 3.8) is 0 Å². The van der Waals surface area contributed by atoms with Crippen LogP contribution in [-0.2, 0) is 4.79 Å². The molecule has 1 amide bonds. The average molecular weight is 293 g/mol. The number of benzene rings is 1. The number of nitrogens with one attached hydrogen (secondary N) is 1. The molecule has 0 radical (unpaired) electrons. The highest BCUT2D eigenvalue weighted by atomic mass is 19.3. The van der Waals surface area contributed by atoms with Crippen LogP contribution in [0.1, 0.15) is 12.5 Å². The summed E-state index contributed by atoms with van der Waals surface area (Å²) in [6, 6.07) is 6.12. The van der Waals surface area contributed by atoms with E-state index in [1.165, 1.54) is 6.92 Å². The van der Waals surface area contributed by atoms with E-state index in [2.05, 4.69) is 0 Å². The number of carbonyl (C=O) groups excluding carboxylic acids is 1. The lowest BCUT2D eigenvalue weighted by atomic mass is 10.2. The number of halogens is 4. The number of rotatable bonds is 6. The molecule has 0 saturated heterocycles. The maximum atomic E-state index is 12.7. The van der Waals surface area contributed by atoms with Gasteiger partial charge >= 0.3 is 12.3 Å². The first-order valence-corrected chi connectivity index (χ1v) is 5.90. The van der Waals surface area contributed by atoms with Crippen molar-refractivity contribution in [3.05, 3.63) is 29.8 Å². The lowest BCUT2D eigenvalue weighted by molar-refractivity contribution is -0.170. The molecule has 0 aliphatic heterocycles. The fourth-order valence-corrected chi connectivity index (χ4v) is 1.32. The molecule has 0 bridgehead atoms. The van der Waals surface area contributed by atoms with Crippen molar-refractivity contribution in [3.8, 4) is 5.75 Å². The second kappa shape index (κ2) is 6.58. The molecule has 0 saturated carbocycles. The van der Waals surface area contributed by atoms with Gasteiger partial charge in [-0.25, -0.2) is 8.78 Å². The third kappa shape index (κ3) is 4.40. The average Bonchev–Trinajstić information content (AvgIpc) is 2.37. The molecule has 0 fully saturated rings. The zero-order valence-corrected chi connectivity index (χ0v) is 11.0. The molecule has 3 nitrogen and oxygen atoms in total. The zero-order chi connectivity index (χ0) is 15.3. The Morgan fingerprint density at radius 1 is 1.30 bits per heavy atom. The minimum Gasteiger partial charge on any atom is -0.491 e. The van der Waals surface area contributed by atoms with Gasteiger partial charge in [-0.15, -0.1) is 0 Å². The van der Waals surface area contributed by atoms with Crippen molar-refractivity contribution in [2.75, 3.05) is 6.61 Å². The number of ether oxygens (including phenoxy) is 1. The van der Waals surface area contributed by atoms with Crippen LogP contribution < -0.4 is 10.1 Å². The van der Waals surface area contributed by atoms with E-state index in [-0.39, 0.29) is 6.61 Å². The molecular weight excluding hydrogens is 278 g/mol. The van der Waals surface area contributed by atoms with Gasteiger partial charge in [-0.05, 0) is 26.0 Å². The molecule has 0 spiro atoms. The molecule has 1 rings (SSSR count). The van der Waals surface area contributed by atoms with Gasteiger partial charge in [0, 0.05) is 0 Å². The lowest BCUT2D eigenvalue weighted by Crippen LogP contribution is -2.49. The quantitative estimate of drug-likeness (QED) is 0.819. The van der Waals surface area contributed by atoms with Crippen LogP contribution in [0.25, 0.3) is 0 Å². The monoisotopic (exact) mass is 293 g/mol. The topological polar surface area (TPSA) is 38.3 Å². The standard InChI is InChI=1S/C13H15F4NO2/c1-8-3-5-10(6-4-8)20-7-9(2)18-12(19)13(16,17)11(14)15/h3-6,9,11H,7H2,1-2H3,(H,18,19). The van der Waals surface area contributed by atoms with Crippen molar-refractivity contribution >= 4 is 5.91 Å². The highest BCUT2D eigenvalue weighted by Crippen LogP contribution is 2.23.